The third-order valence-corrected chi connectivity index (χ3v) is 3.66. The summed E-state index contributed by atoms with van der Waals surface area (Å²) >= 11 is 0. The zero-order valence-corrected chi connectivity index (χ0v) is 9.68. The molecule has 0 spiro atoms. The van der Waals surface area contributed by atoms with Gasteiger partial charge in [0, 0.05) is 19.1 Å². The topological polar surface area (TPSA) is 15.3 Å². The van der Waals surface area contributed by atoms with Crippen molar-refractivity contribution in [2.45, 2.75) is 44.6 Å². The molecule has 0 bridgehead atoms. The highest BCUT2D eigenvalue weighted by molar-refractivity contribution is 4.91. The van der Waals surface area contributed by atoms with Crippen molar-refractivity contribution in [3.8, 4) is 0 Å². The highest BCUT2D eigenvalue weighted by Crippen LogP contribution is 2.38. The van der Waals surface area contributed by atoms with Crippen molar-refractivity contribution >= 4 is 0 Å². The molecule has 2 saturated carbocycles. The van der Waals surface area contributed by atoms with E-state index < -0.39 is 0 Å². The van der Waals surface area contributed by atoms with Gasteiger partial charge in [-0.15, -0.1) is 0 Å². The van der Waals surface area contributed by atoms with Gasteiger partial charge in [0.15, 0.2) is 0 Å². The zero-order chi connectivity index (χ0) is 10.0. The van der Waals surface area contributed by atoms with Gasteiger partial charge in [-0.3, -0.25) is 0 Å². The molecule has 14 heavy (non-hydrogen) atoms. The van der Waals surface area contributed by atoms with E-state index in [4.69, 9.17) is 0 Å². The summed E-state index contributed by atoms with van der Waals surface area (Å²) in [7, 11) is 4.41. The molecule has 0 aromatic heterocycles. The fourth-order valence-corrected chi connectivity index (χ4v) is 2.83. The second kappa shape index (κ2) is 4.19. The normalized spacial score (nSPS) is 25.9. The molecule has 2 aliphatic carbocycles. The average molecular weight is 196 g/mol. The Hall–Kier alpha value is -0.0800. The fraction of sp³-hybridized carbons (Fsp3) is 1.00. The lowest BCUT2D eigenvalue weighted by molar-refractivity contribution is 0.194. The van der Waals surface area contributed by atoms with E-state index in [1.54, 1.807) is 0 Å². The van der Waals surface area contributed by atoms with Gasteiger partial charge in [-0.2, -0.15) is 0 Å². The van der Waals surface area contributed by atoms with Gasteiger partial charge in [-0.05, 0) is 45.2 Å². The van der Waals surface area contributed by atoms with Crippen LogP contribution < -0.4 is 5.32 Å². The van der Waals surface area contributed by atoms with E-state index >= 15 is 0 Å². The van der Waals surface area contributed by atoms with Crippen LogP contribution in [0.2, 0.25) is 0 Å². The number of nitrogens with one attached hydrogen (secondary N) is 1. The number of nitrogens with zero attached hydrogens (tertiary/aromatic N) is 1. The molecule has 0 radical (unpaired) electrons. The van der Waals surface area contributed by atoms with Crippen LogP contribution in [-0.2, 0) is 0 Å². The van der Waals surface area contributed by atoms with Crippen molar-refractivity contribution in [3.63, 3.8) is 0 Å². The third kappa shape index (κ3) is 2.71. The predicted octanol–water partition coefficient (Wildman–Crippen LogP) is 1.86. The average Bonchev–Trinajstić information content (AvgIpc) is 2.85. The molecule has 0 saturated heterocycles. The van der Waals surface area contributed by atoms with Crippen molar-refractivity contribution in [1.29, 1.82) is 0 Å². The maximum atomic E-state index is 3.72. The molecule has 1 N–H and O–H groups in total. The second-order valence-electron chi connectivity index (χ2n) is 5.60. The summed E-state index contributed by atoms with van der Waals surface area (Å²) < 4.78 is 0. The standard InChI is InChI=1S/C12H24N2/c1-14(2)10-12(7-3-4-8-12)9-13-11-5-6-11/h11,13H,3-10H2,1-2H3. The molecule has 0 aromatic carbocycles. The van der Waals surface area contributed by atoms with Crippen molar-refractivity contribution < 1.29 is 0 Å². The van der Waals surface area contributed by atoms with Crippen LogP contribution in [0.3, 0.4) is 0 Å². The Morgan fingerprint density at radius 2 is 1.86 bits per heavy atom. The first-order valence-electron chi connectivity index (χ1n) is 6.08. The van der Waals surface area contributed by atoms with Crippen molar-refractivity contribution in [2.24, 2.45) is 5.41 Å². The molecule has 2 heteroatoms. The highest BCUT2D eigenvalue weighted by atomic mass is 15.1. The van der Waals surface area contributed by atoms with E-state index in [1.165, 1.54) is 51.6 Å². The molecule has 2 nitrogen and oxygen atoms in total. The lowest BCUT2D eigenvalue weighted by atomic mass is 9.85. The van der Waals surface area contributed by atoms with E-state index in [9.17, 15) is 0 Å². The van der Waals surface area contributed by atoms with Crippen LogP contribution in [0.1, 0.15) is 38.5 Å². The Morgan fingerprint density at radius 3 is 2.36 bits per heavy atom. The van der Waals surface area contributed by atoms with E-state index in [0.717, 1.165) is 6.04 Å². The summed E-state index contributed by atoms with van der Waals surface area (Å²) in [5.74, 6) is 0. The lowest BCUT2D eigenvalue weighted by Crippen LogP contribution is -2.40. The first-order chi connectivity index (χ1) is 6.70. The van der Waals surface area contributed by atoms with Gasteiger partial charge in [-0.1, -0.05) is 12.8 Å². The van der Waals surface area contributed by atoms with Gasteiger partial charge < -0.3 is 10.2 Å². The van der Waals surface area contributed by atoms with Crippen molar-refractivity contribution in [2.75, 3.05) is 27.2 Å². The smallest absolute Gasteiger partial charge is 0.00684 e. The molecule has 82 valence electrons. The molecule has 0 heterocycles. The first-order valence-corrected chi connectivity index (χ1v) is 6.08. The van der Waals surface area contributed by atoms with Gasteiger partial charge in [0.05, 0.1) is 0 Å². The third-order valence-electron chi connectivity index (χ3n) is 3.66. The molecule has 2 aliphatic rings. The van der Waals surface area contributed by atoms with Gasteiger partial charge in [0.1, 0.15) is 0 Å². The van der Waals surface area contributed by atoms with Crippen LogP contribution in [0.5, 0.6) is 0 Å². The number of rotatable bonds is 5. The molecule has 0 aliphatic heterocycles. The second-order valence-corrected chi connectivity index (χ2v) is 5.60. The van der Waals surface area contributed by atoms with Crippen LogP contribution >= 0.6 is 0 Å². The minimum absolute atomic E-state index is 0.603. The molecule has 0 amide bonds. The van der Waals surface area contributed by atoms with E-state index in [1.807, 2.05) is 0 Å². The van der Waals surface area contributed by atoms with Gasteiger partial charge >= 0.3 is 0 Å². The predicted molar refractivity (Wildman–Crippen MR) is 60.5 cm³/mol. The van der Waals surface area contributed by atoms with E-state index in [0.29, 0.717) is 5.41 Å². The molecular formula is C12H24N2. The monoisotopic (exact) mass is 196 g/mol. The largest absolute Gasteiger partial charge is 0.313 e. The molecule has 2 fully saturated rings. The Kier molecular flexibility index (Phi) is 3.13. The van der Waals surface area contributed by atoms with E-state index in [-0.39, 0.29) is 0 Å². The van der Waals surface area contributed by atoms with Crippen LogP contribution in [0.25, 0.3) is 0 Å². The van der Waals surface area contributed by atoms with Crippen LogP contribution in [0, 0.1) is 5.41 Å². The number of hydrogen-bond donors (Lipinski definition) is 1. The summed E-state index contributed by atoms with van der Waals surface area (Å²) in [6, 6.07) is 0.870. The summed E-state index contributed by atoms with van der Waals surface area (Å²) in [6.45, 7) is 2.53. The van der Waals surface area contributed by atoms with Gasteiger partial charge in [0.25, 0.3) is 0 Å². The highest BCUT2D eigenvalue weighted by Gasteiger charge is 2.35. The summed E-state index contributed by atoms with van der Waals surface area (Å²) in [4.78, 5) is 2.36. The maximum Gasteiger partial charge on any atom is 0.00684 e. The molecular weight excluding hydrogens is 172 g/mol. The molecule has 0 unspecified atom stereocenters. The fourth-order valence-electron chi connectivity index (χ4n) is 2.83. The SMILES string of the molecule is CN(C)CC1(CNC2CC2)CCCC1. The lowest BCUT2D eigenvalue weighted by Gasteiger charge is -2.32. The van der Waals surface area contributed by atoms with Gasteiger partial charge in [-0.25, -0.2) is 0 Å². The Bertz CT molecular complexity index is 179. The van der Waals surface area contributed by atoms with Crippen LogP contribution in [0.15, 0.2) is 0 Å². The van der Waals surface area contributed by atoms with Crippen LogP contribution in [0.4, 0.5) is 0 Å². The summed E-state index contributed by atoms with van der Waals surface area (Å²) in [5.41, 5.74) is 0.603. The van der Waals surface area contributed by atoms with Gasteiger partial charge in [0.2, 0.25) is 0 Å². The number of hydrogen-bond acceptors (Lipinski definition) is 2. The zero-order valence-electron chi connectivity index (χ0n) is 9.68. The first kappa shape index (κ1) is 10.4. The quantitative estimate of drug-likeness (QED) is 0.722. The Labute approximate surface area is 88.1 Å². The van der Waals surface area contributed by atoms with Crippen molar-refractivity contribution in [1.82, 2.24) is 10.2 Å². The minimum Gasteiger partial charge on any atom is -0.313 e. The van der Waals surface area contributed by atoms with Crippen LogP contribution in [-0.4, -0.2) is 38.1 Å². The summed E-state index contributed by atoms with van der Waals surface area (Å²) in [6.07, 6.45) is 8.59. The minimum atomic E-state index is 0.603. The Morgan fingerprint density at radius 1 is 1.21 bits per heavy atom. The summed E-state index contributed by atoms with van der Waals surface area (Å²) in [5, 5.41) is 3.72. The van der Waals surface area contributed by atoms with Crippen molar-refractivity contribution in [3.05, 3.63) is 0 Å². The molecule has 0 atom stereocenters. The maximum absolute atomic E-state index is 3.72. The molecule has 2 rings (SSSR count). The molecule has 0 aromatic rings. The Balaban J connectivity index is 1.83. The van der Waals surface area contributed by atoms with E-state index in [2.05, 4.69) is 24.3 Å².